The molecule has 0 spiro atoms. The van der Waals surface area contributed by atoms with Gasteiger partial charge in [-0.15, -0.1) is 0 Å². The Bertz CT molecular complexity index is 602. The number of aromatic nitrogens is 1. The van der Waals surface area contributed by atoms with Crippen molar-refractivity contribution in [2.24, 2.45) is 5.41 Å². The third-order valence-electron chi connectivity index (χ3n) is 3.39. The Morgan fingerprint density at radius 3 is 2.55 bits per heavy atom. The van der Waals surface area contributed by atoms with Crippen molar-refractivity contribution in [1.82, 2.24) is 4.98 Å². The van der Waals surface area contributed by atoms with Crippen LogP contribution in [-0.4, -0.2) is 11.5 Å². The predicted molar refractivity (Wildman–Crippen MR) is 77.2 cm³/mol. The molecule has 0 atom stereocenters. The van der Waals surface area contributed by atoms with Crippen molar-refractivity contribution in [3.63, 3.8) is 0 Å². The highest BCUT2D eigenvalue weighted by molar-refractivity contribution is 7.22. The summed E-state index contributed by atoms with van der Waals surface area (Å²) in [7, 11) is 0. The van der Waals surface area contributed by atoms with E-state index in [9.17, 15) is 13.2 Å². The van der Waals surface area contributed by atoms with E-state index in [2.05, 4.69) is 31.1 Å². The van der Waals surface area contributed by atoms with Gasteiger partial charge in [-0.25, -0.2) is 4.98 Å². The summed E-state index contributed by atoms with van der Waals surface area (Å²) in [5.74, 6) is 0. The molecule has 0 amide bonds. The fourth-order valence-corrected chi connectivity index (χ4v) is 2.46. The highest BCUT2D eigenvalue weighted by Gasteiger charge is 2.30. The van der Waals surface area contributed by atoms with Gasteiger partial charge in [0.05, 0.1) is 15.8 Å². The van der Waals surface area contributed by atoms with Crippen molar-refractivity contribution in [2.75, 3.05) is 11.9 Å². The molecule has 6 heteroatoms. The lowest BCUT2D eigenvalue weighted by molar-refractivity contribution is -0.137. The van der Waals surface area contributed by atoms with Crippen LogP contribution < -0.4 is 5.32 Å². The molecule has 0 aliphatic carbocycles. The maximum Gasteiger partial charge on any atom is 0.416 e. The van der Waals surface area contributed by atoms with Crippen molar-refractivity contribution < 1.29 is 13.2 Å². The molecule has 0 bridgehead atoms. The van der Waals surface area contributed by atoms with Crippen LogP contribution in [0.5, 0.6) is 0 Å². The van der Waals surface area contributed by atoms with E-state index >= 15 is 0 Å². The molecule has 2 aromatic rings. The third-order valence-corrected chi connectivity index (χ3v) is 4.38. The normalized spacial score (nSPS) is 12.9. The molecular formula is C14H17F3N2S. The molecule has 2 rings (SSSR count). The number of fused-ring (bicyclic) bond motifs is 1. The van der Waals surface area contributed by atoms with Crippen molar-refractivity contribution in [3.8, 4) is 0 Å². The standard InChI is InChI=1S/C14H17F3N2S/c1-4-13(2,3)8-18-12-19-10-7-9(14(15,16)17)5-6-11(10)20-12/h5-7H,4,8H2,1-3H3,(H,18,19). The topological polar surface area (TPSA) is 24.9 Å². The second-order valence-electron chi connectivity index (χ2n) is 5.57. The second kappa shape index (κ2) is 5.24. The molecule has 1 aromatic heterocycles. The lowest BCUT2D eigenvalue weighted by Gasteiger charge is -2.22. The van der Waals surface area contributed by atoms with Gasteiger partial charge in [0, 0.05) is 6.54 Å². The third kappa shape index (κ3) is 3.42. The number of nitrogens with one attached hydrogen (secondary N) is 1. The first-order chi connectivity index (χ1) is 9.21. The van der Waals surface area contributed by atoms with Gasteiger partial charge in [0.15, 0.2) is 5.13 Å². The van der Waals surface area contributed by atoms with Gasteiger partial charge in [-0.05, 0) is 30.0 Å². The van der Waals surface area contributed by atoms with E-state index in [4.69, 9.17) is 0 Å². The number of hydrogen-bond acceptors (Lipinski definition) is 3. The molecule has 2 nitrogen and oxygen atoms in total. The van der Waals surface area contributed by atoms with Crippen LogP contribution in [0, 0.1) is 5.41 Å². The zero-order chi connectivity index (χ0) is 15.0. The van der Waals surface area contributed by atoms with Crippen LogP contribution in [0.3, 0.4) is 0 Å². The molecule has 0 aliphatic rings. The lowest BCUT2D eigenvalue weighted by Crippen LogP contribution is -2.21. The number of rotatable bonds is 4. The quantitative estimate of drug-likeness (QED) is 0.843. The molecule has 0 fully saturated rings. The zero-order valence-corrected chi connectivity index (χ0v) is 12.5. The van der Waals surface area contributed by atoms with Crippen LogP contribution in [0.15, 0.2) is 18.2 Å². The second-order valence-corrected chi connectivity index (χ2v) is 6.60. The van der Waals surface area contributed by atoms with E-state index in [1.165, 1.54) is 17.4 Å². The molecule has 1 N–H and O–H groups in total. The number of halogens is 3. The number of thiazole rings is 1. The van der Waals surface area contributed by atoms with Crippen LogP contribution in [0.2, 0.25) is 0 Å². The monoisotopic (exact) mass is 302 g/mol. The van der Waals surface area contributed by atoms with Gasteiger partial charge in [-0.1, -0.05) is 32.1 Å². The smallest absolute Gasteiger partial charge is 0.361 e. The summed E-state index contributed by atoms with van der Waals surface area (Å²) in [6.07, 6.45) is -3.31. The first-order valence-electron chi connectivity index (χ1n) is 6.43. The van der Waals surface area contributed by atoms with E-state index in [1.54, 1.807) is 0 Å². The van der Waals surface area contributed by atoms with Gasteiger partial charge in [-0.2, -0.15) is 13.2 Å². The first-order valence-corrected chi connectivity index (χ1v) is 7.24. The van der Waals surface area contributed by atoms with Crippen molar-refractivity contribution in [2.45, 2.75) is 33.4 Å². The number of benzene rings is 1. The lowest BCUT2D eigenvalue weighted by atomic mass is 9.90. The molecule has 1 heterocycles. The average Bonchev–Trinajstić information content (AvgIpc) is 2.77. The van der Waals surface area contributed by atoms with Gasteiger partial charge in [0.1, 0.15) is 0 Å². The molecule has 0 saturated heterocycles. The molecule has 0 unspecified atom stereocenters. The highest BCUT2D eigenvalue weighted by atomic mass is 32.1. The summed E-state index contributed by atoms with van der Waals surface area (Å²) in [4.78, 5) is 4.23. The Morgan fingerprint density at radius 1 is 1.25 bits per heavy atom. The summed E-state index contributed by atoms with van der Waals surface area (Å²) < 4.78 is 38.7. The summed E-state index contributed by atoms with van der Waals surface area (Å²) in [6, 6.07) is 3.67. The van der Waals surface area contributed by atoms with Gasteiger partial charge < -0.3 is 5.32 Å². The Hall–Kier alpha value is -1.30. The largest absolute Gasteiger partial charge is 0.416 e. The number of anilines is 1. The fraction of sp³-hybridized carbons (Fsp3) is 0.500. The van der Waals surface area contributed by atoms with Crippen LogP contribution in [0.1, 0.15) is 32.8 Å². The maximum absolute atomic E-state index is 12.6. The molecule has 110 valence electrons. The number of alkyl halides is 3. The zero-order valence-electron chi connectivity index (χ0n) is 11.6. The van der Waals surface area contributed by atoms with Crippen LogP contribution in [-0.2, 0) is 6.18 Å². The van der Waals surface area contributed by atoms with Gasteiger partial charge in [0.2, 0.25) is 0 Å². The Morgan fingerprint density at radius 2 is 1.95 bits per heavy atom. The Kier molecular flexibility index (Phi) is 3.95. The van der Waals surface area contributed by atoms with E-state index in [-0.39, 0.29) is 5.41 Å². The van der Waals surface area contributed by atoms with Crippen LogP contribution >= 0.6 is 11.3 Å². The summed E-state index contributed by atoms with van der Waals surface area (Å²) in [6.45, 7) is 7.12. The van der Waals surface area contributed by atoms with Crippen molar-refractivity contribution in [3.05, 3.63) is 23.8 Å². The number of hydrogen-bond donors (Lipinski definition) is 1. The highest BCUT2D eigenvalue weighted by Crippen LogP contribution is 2.34. The minimum atomic E-state index is -4.32. The van der Waals surface area contributed by atoms with Gasteiger partial charge in [-0.3, -0.25) is 0 Å². The summed E-state index contributed by atoms with van der Waals surface area (Å²) in [5.41, 5.74) is -0.132. The van der Waals surface area contributed by atoms with E-state index < -0.39 is 11.7 Å². The SMILES string of the molecule is CCC(C)(C)CNc1nc2cc(C(F)(F)F)ccc2s1. The van der Waals surface area contributed by atoms with Crippen molar-refractivity contribution >= 4 is 26.7 Å². The molecular weight excluding hydrogens is 285 g/mol. The van der Waals surface area contributed by atoms with Crippen LogP contribution in [0.4, 0.5) is 18.3 Å². The number of nitrogens with zero attached hydrogens (tertiary/aromatic N) is 1. The van der Waals surface area contributed by atoms with E-state index in [1.807, 2.05) is 0 Å². The summed E-state index contributed by atoms with van der Waals surface area (Å²) in [5, 5.41) is 3.88. The van der Waals surface area contributed by atoms with E-state index in [0.29, 0.717) is 10.6 Å². The van der Waals surface area contributed by atoms with E-state index in [0.717, 1.165) is 29.8 Å². The minimum Gasteiger partial charge on any atom is -0.361 e. The molecule has 20 heavy (non-hydrogen) atoms. The van der Waals surface area contributed by atoms with Crippen LogP contribution in [0.25, 0.3) is 10.2 Å². The molecule has 0 saturated carbocycles. The van der Waals surface area contributed by atoms with Gasteiger partial charge in [0.25, 0.3) is 0 Å². The minimum absolute atomic E-state index is 0.134. The Balaban J connectivity index is 2.21. The molecule has 0 radical (unpaired) electrons. The van der Waals surface area contributed by atoms with Crippen molar-refractivity contribution in [1.29, 1.82) is 0 Å². The first kappa shape index (κ1) is 15.1. The summed E-state index contributed by atoms with van der Waals surface area (Å²) >= 11 is 1.38. The fourth-order valence-electron chi connectivity index (χ4n) is 1.62. The Labute approximate surface area is 120 Å². The maximum atomic E-state index is 12.6. The predicted octanol–water partition coefficient (Wildman–Crippen LogP) is 5.16. The van der Waals surface area contributed by atoms with Gasteiger partial charge >= 0.3 is 6.18 Å². The average molecular weight is 302 g/mol. The molecule has 0 aliphatic heterocycles. The molecule has 1 aromatic carbocycles.